The van der Waals surface area contributed by atoms with Gasteiger partial charge in [-0.05, 0) is 18.9 Å². The van der Waals surface area contributed by atoms with Gasteiger partial charge in [-0.1, -0.05) is 13.8 Å². The number of thioether (sulfide) groups is 1. The van der Waals surface area contributed by atoms with E-state index in [0.29, 0.717) is 0 Å². The third kappa shape index (κ3) is 2.90. The molecular formula is C15H21N5S. The number of aryl methyl sites for hydroxylation is 1. The number of nitrogens with one attached hydrogen (secondary N) is 1. The summed E-state index contributed by atoms with van der Waals surface area (Å²) in [5, 5.41) is 7.83. The molecule has 0 saturated carbocycles. The summed E-state index contributed by atoms with van der Waals surface area (Å²) in [4.78, 5) is 9.55. The Hall–Kier alpha value is -1.56. The molecule has 0 aromatic carbocycles. The number of aromatic nitrogens is 4. The normalized spacial score (nSPS) is 13.4. The van der Waals surface area contributed by atoms with Gasteiger partial charge in [0.1, 0.15) is 11.5 Å². The molecule has 6 heteroatoms. The molecule has 112 valence electrons. The van der Waals surface area contributed by atoms with Gasteiger partial charge in [0, 0.05) is 36.4 Å². The lowest BCUT2D eigenvalue weighted by Gasteiger charge is -2.12. The second-order valence-corrected chi connectivity index (χ2v) is 6.17. The molecule has 5 nitrogen and oxygen atoms in total. The Morgan fingerprint density at radius 3 is 2.95 bits per heavy atom. The molecule has 1 N–H and O–H groups in total. The lowest BCUT2D eigenvalue weighted by Crippen LogP contribution is -2.10. The Labute approximate surface area is 129 Å². The fourth-order valence-corrected chi connectivity index (χ4v) is 3.51. The van der Waals surface area contributed by atoms with Crippen molar-refractivity contribution in [1.82, 2.24) is 19.7 Å². The summed E-state index contributed by atoms with van der Waals surface area (Å²) in [7, 11) is 0. The molecular weight excluding hydrogens is 282 g/mol. The van der Waals surface area contributed by atoms with Gasteiger partial charge in [0.15, 0.2) is 5.82 Å². The molecule has 1 aliphatic rings. The third-order valence-electron chi connectivity index (χ3n) is 3.50. The van der Waals surface area contributed by atoms with Crippen LogP contribution in [-0.4, -0.2) is 26.3 Å². The molecule has 0 aliphatic carbocycles. The van der Waals surface area contributed by atoms with Crippen molar-refractivity contribution in [1.29, 1.82) is 0 Å². The van der Waals surface area contributed by atoms with Crippen LogP contribution in [0.5, 0.6) is 0 Å². The molecule has 0 amide bonds. The topological polar surface area (TPSA) is 55.6 Å². The van der Waals surface area contributed by atoms with E-state index in [1.165, 1.54) is 11.3 Å². The molecule has 0 radical (unpaired) electrons. The van der Waals surface area contributed by atoms with Gasteiger partial charge in [-0.2, -0.15) is 16.9 Å². The van der Waals surface area contributed by atoms with Crippen LogP contribution >= 0.6 is 11.8 Å². The van der Waals surface area contributed by atoms with Gasteiger partial charge in [0.2, 0.25) is 0 Å². The molecule has 3 rings (SSSR count). The van der Waals surface area contributed by atoms with E-state index in [0.717, 1.165) is 54.8 Å². The van der Waals surface area contributed by atoms with E-state index >= 15 is 0 Å². The highest BCUT2D eigenvalue weighted by atomic mass is 32.2. The monoisotopic (exact) mass is 303 g/mol. The summed E-state index contributed by atoms with van der Waals surface area (Å²) >= 11 is 1.91. The zero-order chi connectivity index (χ0) is 14.7. The van der Waals surface area contributed by atoms with Crippen molar-refractivity contribution in [3.05, 3.63) is 23.5 Å². The number of hydrogen-bond acceptors (Lipinski definition) is 5. The van der Waals surface area contributed by atoms with Crippen molar-refractivity contribution < 1.29 is 0 Å². The highest BCUT2D eigenvalue weighted by molar-refractivity contribution is 7.98. The average Bonchev–Trinajstić information content (AvgIpc) is 3.13. The van der Waals surface area contributed by atoms with Gasteiger partial charge < -0.3 is 5.32 Å². The van der Waals surface area contributed by atoms with Crippen LogP contribution in [0.2, 0.25) is 0 Å². The summed E-state index contributed by atoms with van der Waals surface area (Å²) in [6.07, 6.45) is 3.97. The maximum absolute atomic E-state index is 4.77. The van der Waals surface area contributed by atoms with E-state index < -0.39 is 0 Å². The van der Waals surface area contributed by atoms with E-state index in [1.807, 2.05) is 28.7 Å². The van der Waals surface area contributed by atoms with Crippen LogP contribution in [-0.2, 0) is 18.1 Å². The largest absolute Gasteiger partial charge is 0.370 e. The summed E-state index contributed by atoms with van der Waals surface area (Å²) < 4.78 is 1.99. The zero-order valence-corrected chi connectivity index (χ0v) is 13.4. The van der Waals surface area contributed by atoms with Crippen molar-refractivity contribution in [3.8, 4) is 11.5 Å². The van der Waals surface area contributed by atoms with E-state index in [4.69, 9.17) is 9.97 Å². The summed E-state index contributed by atoms with van der Waals surface area (Å²) in [5.41, 5.74) is 3.46. The van der Waals surface area contributed by atoms with Crippen LogP contribution in [0, 0.1) is 0 Å². The van der Waals surface area contributed by atoms with Crippen LogP contribution in [0.15, 0.2) is 12.3 Å². The van der Waals surface area contributed by atoms with E-state index in [1.54, 1.807) is 0 Å². The highest BCUT2D eigenvalue weighted by Crippen LogP contribution is 2.34. The first kappa shape index (κ1) is 14.4. The van der Waals surface area contributed by atoms with Crippen molar-refractivity contribution in [2.45, 2.75) is 44.7 Å². The van der Waals surface area contributed by atoms with Crippen LogP contribution in [0.25, 0.3) is 11.5 Å². The second-order valence-electron chi connectivity index (χ2n) is 5.18. The molecule has 0 fully saturated rings. The number of fused-ring (bicyclic) bond motifs is 1. The lowest BCUT2D eigenvalue weighted by atomic mass is 10.2. The maximum Gasteiger partial charge on any atom is 0.180 e. The zero-order valence-electron chi connectivity index (χ0n) is 12.6. The van der Waals surface area contributed by atoms with E-state index in [-0.39, 0.29) is 0 Å². The van der Waals surface area contributed by atoms with Gasteiger partial charge in [-0.15, -0.1) is 0 Å². The molecule has 3 heterocycles. The molecule has 0 spiro atoms. The molecule has 0 atom stereocenters. The average molecular weight is 303 g/mol. The Kier molecular flexibility index (Phi) is 4.43. The Morgan fingerprint density at radius 1 is 1.24 bits per heavy atom. The maximum atomic E-state index is 4.77. The number of anilines is 1. The third-order valence-corrected chi connectivity index (χ3v) is 4.47. The number of rotatable bonds is 6. The summed E-state index contributed by atoms with van der Waals surface area (Å²) in [6, 6.07) is 2.00. The molecule has 0 saturated heterocycles. The van der Waals surface area contributed by atoms with E-state index in [9.17, 15) is 0 Å². The SMILES string of the molecule is CCCNc1nc(-c2ccnn2CCC)nc2c1CSC2. The van der Waals surface area contributed by atoms with E-state index in [2.05, 4.69) is 24.3 Å². The van der Waals surface area contributed by atoms with Crippen molar-refractivity contribution >= 4 is 17.6 Å². The Balaban J connectivity index is 2.00. The van der Waals surface area contributed by atoms with Gasteiger partial charge in [0.25, 0.3) is 0 Å². The molecule has 1 aliphatic heterocycles. The standard InChI is InChI=1S/C15H21N5S/c1-3-6-16-14-11-9-21-10-12(11)18-15(19-14)13-5-7-17-20(13)8-4-2/h5,7H,3-4,6,8-10H2,1-2H3,(H,16,18,19). The quantitative estimate of drug-likeness (QED) is 0.887. The van der Waals surface area contributed by atoms with Crippen molar-refractivity contribution in [2.75, 3.05) is 11.9 Å². The van der Waals surface area contributed by atoms with Crippen LogP contribution in [0.1, 0.15) is 37.9 Å². The number of hydrogen-bond donors (Lipinski definition) is 1. The fourth-order valence-electron chi connectivity index (χ4n) is 2.47. The smallest absolute Gasteiger partial charge is 0.180 e. The first-order chi connectivity index (χ1) is 10.3. The predicted octanol–water partition coefficient (Wildman–Crippen LogP) is 3.32. The lowest BCUT2D eigenvalue weighted by molar-refractivity contribution is 0.606. The Morgan fingerprint density at radius 2 is 2.14 bits per heavy atom. The van der Waals surface area contributed by atoms with Crippen LogP contribution in [0.3, 0.4) is 0 Å². The first-order valence-electron chi connectivity index (χ1n) is 7.57. The minimum Gasteiger partial charge on any atom is -0.370 e. The van der Waals surface area contributed by atoms with Crippen molar-refractivity contribution in [3.63, 3.8) is 0 Å². The fraction of sp³-hybridized carbons (Fsp3) is 0.533. The first-order valence-corrected chi connectivity index (χ1v) is 8.72. The van der Waals surface area contributed by atoms with Gasteiger partial charge in [0.05, 0.1) is 5.69 Å². The second kappa shape index (κ2) is 6.47. The van der Waals surface area contributed by atoms with Crippen LogP contribution in [0.4, 0.5) is 5.82 Å². The van der Waals surface area contributed by atoms with Gasteiger partial charge >= 0.3 is 0 Å². The Bertz CT molecular complexity index is 623. The minimum absolute atomic E-state index is 0.792. The number of nitrogens with zero attached hydrogens (tertiary/aromatic N) is 4. The van der Waals surface area contributed by atoms with Gasteiger partial charge in [-0.3, -0.25) is 4.68 Å². The predicted molar refractivity (Wildman–Crippen MR) is 87.3 cm³/mol. The molecule has 2 aromatic rings. The molecule has 0 bridgehead atoms. The summed E-state index contributed by atoms with van der Waals surface area (Å²) in [5.74, 6) is 3.79. The molecule has 21 heavy (non-hydrogen) atoms. The van der Waals surface area contributed by atoms with Crippen LogP contribution < -0.4 is 5.32 Å². The van der Waals surface area contributed by atoms with Crippen molar-refractivity contribution in [2.24, 2.45) is 0 Å². The van der Waals surface area contributed by atoms with Gasteiger partial charge in [-0.25, -0.2) is 9.97 Å². The minimum atomic E-state index is 0.792. The highest BCUT2D eigenvalue weighted by Gasteiger charge is 2.21. The molecule has 2 aromatic heterocycles. The molecule has 0 unspecified atom stereocenters. The summed E-state index contributed by atoms with van der Waals surface area (Å²) in [6.45, 7) is 6.16.